The van der Waals surface area contributed by atoms with Gasteiger partial charge in [0.1, 0.15) is 0 Å². The molecule has 1 atom stereocenters. The molecule has 0 heterocycles. The van der Waals surface area contributed by atoms with Crippen LogP contribution in [0, 0.1) is 0 Å². The van der Waals surface area contributed by atoms with E-state index in [0.717, 1.165) is 6.04 Å². The third-order valence-corrected chi connectivity index (χ3v) is 2.02. The molecule has 0 bridgehead atoms. The van der Waals surface area contributed by atoms with Crippen LogP contribution in [0.2, 0.25) is 0 Å². The summed E-state index contributed by atoms with van der Waals surface area (Å²) < 4.78 is 0. The number of hydrogen-bond acceptors (Lipinski definition) is 1. The van der Waals surface area contributed by atoms with E-state index in [1.165, 1.54) is 19.5 Å². The zero-order valence-electron chi connectivity index (χ0n) is 8.30. The van der Waals surface area contributed by atoms with E-state index in [2.05, 4.69) is 30.9 Å². The van der Waals surface area contributed by atoms with Gasteiger partial charge >= 0.3 is 18.9 Å². The van der Waals surface area contributed by atoms with E-state index in [-0.39, 0.29) is 20.3 Å². The SMILES string of the molecule is CCN(CC)C1C=CC1.[H-].[Li+]. The number of likely N-dealkylation sites (N-methyl/N-ethyl adjacent to an activating group) is 1. The normalized spacial score (nSPS) is 22.1. The van der Waals surface area contributed by atoms with E-state index in [1.54, 1.807) is 0 Å². The van der Waals surface area contributed by atoms with Gasteiger partial charge in [0, 0.05) is 6.04 Å². The van der Waals surface area contributed by atoms with Crippen LogP contribution in [0.4, 0.5) is 0 Å². The summed E-state index contributed by atoms with van der Waals surface area (Å²) >= 11 is 0. The first kappa shape index (κ1) is 10.3. The smallest absolute Gasteiger partial charge is 1.00 e. The van der Waals surface area contributed by atoms with E-state index in [0.29, 0.717) is 0 Å². The molecule has 1 nitrogen and oxygen atoms in total. The van der Waals surface area contributed by atoms with Crippen LogP contribution in [0.3, 0.4) is 0 Å². The molecule has 0 aliphatic heterocycles. The van der Waals surface area contributed by atoms with Gasteiger partial charge < -0.3 is 1.43 Å². The van der Waals surface area contributed by atoms with Crippen molar-refractivity contribution in [2.24, 2.45) is 0 Å². The maximum atomic E-state index is 2.47. The average molecular weight is 133 g/mol. The maximum Gasteiger partial charge on any atom is 1.00 e. The largest absolute Gasteiger partial charge is 1.00 e. The van der Waals surface area contributed by atoms with Crippen LogP contribution in [0.15, 0.2) is 12.2 Å². The molecule has 1 aliphatic rings. The summed E-state index contributed by atoms with van der Waals surface area (Å²) in [6, 6.07) is 0.764. The number of hydrogen-bond donors (Lipinski definition) is 0. The fraction of sp³-hybridized carbons (Fsp3) is 0.750. The summed E-state index contributed by atoms with van der Waals surface area (Å²) in [5.41, 5.74) is 0. The molecule has 0 saturated carbocycles. The molecular weight excluding hydrogens is 117 g/mol. The van der Waals surface area contributed by atoms with Gasteiger partial charge in [0.15, 0.2) is 0 Å². The second-order valence-corrected chi connectivity index (χ2v) is 2.45. The minimum Gasteiger partial charge on any atom is -1.00 e. The predicted molar refractivity (Wildman–Crippen MR) is 41.6 cm³/mol. The Morgan fingerprint density at radius 2 is 2.00 bits per heavy atom. The Bertz CT molecular complexity index is 113. The summed E-state index contributed by atoms with van der Waals surface area (Å²) in [4.78, 5) is 2.47. The van der Waals surface area contributed by atoms with Crippen molar-refractivity contribution >= 4 is 0 Å². The first-order valence-electron chi connectivity index (χ1n) is 3.79. The van der Waals surface area contributed by atoms with Gasteiger partial charge in [-0.15, -0.1) is 0 Å². The second-order valence-electron chi connectivity index (χ2n) is 2.45. The molecule has 1 unspecified atom stereocenters. The van der Waals surface area contributed by atoms with E-state index in [4.69, 9.17) is 0 Å². The fourth-order valence-electron chi connectivity index (χ4n) is 1.22. The molecular formula is C8H16LiN. The molecule has 0 fully saturated rings. The maximum absolute atomic E-state index is 2.47. The Hall–Kier alpha value is 0.297. The molecule has 1 rings (SSSR count). The third-order valence-electron chi connectivity index (χ3n) is 2.02. The van der Waals surface area contributed by atoms with Crippen LogP contribution in [0.25, 0.3) is 0 Å². The predicted octanol–water partition coefficient (Wildman–Crippen LogP) is -1.23. The van der Waals surface area contributed by atoms with Crippen molar-refractivity contribution in [3.63, 3.8) is 0 Å². The summed E-state index contributed by atoms with van der Waals surface area (Å²) in [6.07, 6.45) is 5.79. The van der Waals surface area contributed by atoms with E-state index < -0.39 is 0 Å². The minimum absolute atomic E-state index is 0. The number of nitrogens with zero attached hydrogens (tertiary/aromatic N) is 1. The molecule has 0 aromatic heterocycles. The summed E-state index contributed by atoms with van der Waals surface area (Å²) in [5, 5.41) is 0. The second kappa shape index (κ2) is 5.02. The van der Waals surface area contributed by atoms with E-state index >= 15 is 0 Å². The van der Waals surface area contributed by atoms with Gasteiger partial charge in [-0.1, -0.05) is 26.0 Å². The van der Waals surface area contributed by atoms with Crippen LogP contribution >= 0.6 is 0 Å². The first-order valence-corrected chi connectivity index (χ1v) is 3.79. The molecule has 0 aromatic carbocycles. The van der Waals surface area contributed by atoms with E-state index in [9.17, 15) is 0 Å². The van der Waals surface area contributed by atoms with Crippen molar-refractivity contribution in [1.29, 1.82) is 0 Å². The van der Waals surface area contributed by atoms with Crippen LogP contribution in [0.1, 0.15) is 21.7 Å². The molecule has 0 N–H and O–H groups in total. The molecule has 54 valence electrons. The molecule has 10 heavy (non-hydrogen) atoms. The van der Waals surface area contributed by atoms with Gasteiger partial charge in [0.25, 0.3) is 0 Å². The Balaban J connectivity index is 0. The van der Waals surface area contributed by atoms with Gasteiger partial charge in [-0.25, -0.2) is 0 Å². The zero-order chi connectivity index (χ0) is 6.69. The third kappa shape index (κ3) is 2.16. The van der Waals surface area contributed by atoms with Crippen molar-refractivity contribution in [2.45, 2.75) is 26.3 Å². The Labute approximate surface area is 77.1 Å². The van der Waals surface area contributed by atoms with Gasteiger partial charge in [-0.05, 0) is 19.5 Å². The van der Waals surface area contributed by atoms with E-state index in [1.807, 2.05) is 0 Å². The Kier molecular flexibility index (Phi) is 5.16. The Morgan fingerprint density at radius 1 is 1.50 bits per heavy atom. The molecule has 0 radical (unpaired) electrons. The molecule has 0 spiro atoms. The number of rotatable bonds is 3. The van der Waals surface area contributed by atoms with Crippen LogP contribution in [-0.4, -0.2) is 24.0 Å². The molecule has 0 amide bonds. The summed E-state index contributed by atoms with van der Waals surface area (Å²) in [6.45, 7) is 6.81. The fourth-order valence-corrected chi connectivity index (χ4v) is 1.22. The van der Waals surface area contributed by atoms with Crippen LogP contribution < -0.4 is 18.9 Å². The van der Waals surface area contributed by atoms with Crippen molar-refractivity contribution in [3.05, 3.63) is 12.2 Å². The topological polar surface area (TPSA) is 3.24 Å². The van der Waals surface area contributed by atoms with Crippen molar-refractivity contribution < 1.29 is 20.3 Å². The first-order chi connectivity index (χ1) is 4.38. The van der Waals surface area contributed by atoms with Crippen LogP contribution in [-0.2, 0) is 0 Å². The minimum atomic E-state index is 0. The van der Waals surface area contributed by atoms with Crippen molar-refractivity contribution in [1.82, 2.24) is 4.90 Å². The summed E-state index contributed by atoms with van der Waals surface area (Å²) in [7, 11) is 0. The van der Waals surface area contributed by atoms with Gasteiger partial charge in [-0.2, -0.15) is 0 Å². The van der Waals surface area contributed by atoms with Crippen LogP contribution in [0.5, 0.6) is 0 Å². The molecule has 1 aliphatic carbocycles. The standard InChI is InChI=1S/C8H15N.Li.H/c1-3-9(4-2)8-6-5-7-8;;/h5-6,8H,3-4,7H2,1-2H3;;/q;+1;-1. The average Bonchev–Trinajstić information content (AvgIpc) is 1.78. The summed E-state index contributed by atoms with van der Waals surface area (Å²) in [5.74, 6) is 0. The van der Waals surface area contributed by atoms with Gasteiger partial charge in [0.05, 0.1) is 0 Å². The van der Waals surface area contributed by atoms with Gasteiger partial charge in [-0.3, -0.25) is 4.90 Å². The van der Waals surface area contributed by atoms with Crippen molar-refractivity contribution in [2.75, 3.05) is 13.1 Å². The molecule has 0 saturated heterocycles. The molecule has 0 aromatic rings. The zero-order valence-corrected chi connectivity index (χ0v) is 7.30. The Morgan fingerprint density at radius 3 is 2.10 bits per heavy atom. The molecule has 2 heteroatoms. The van der Waals surface area contributed by atoms with Crippen molar-refractivity contribution in [3.8, 4) is 0 Å². The van der Waals surface area contributed by atoms with Gasteiger partial charge in [0.2, 0.25) is 0 Å². The monoisotopic (exact) mass is 133 g/mol. The quantitative estimate of drug-likeness (QED) is 0.344.